The van der Waals surface area contributed by atoms with E-state index < -0.39 is 6.04 Å². The van der Waals surface area contributed by atoms with Gasteiger partial charge in [-0.3, -0.25) is 14.7 Å². The fourth-order valence-electron chi connectivity index (χ4n) is 4.59. The van der Waals surface area contributed by atoms with Crippen molar-refractivity contribution in [3.63, 3.8) is 0 Å². The van der Waals surface area contributed by atoms with E-state index in [1.807, 2.05) is 66.9 Å². The Kier molecular flexibility index (Phi) is 5.11. The van der Waals surface area contributed by atoms with Crippen molar-refractivity contribution >= 4 is 33.9 Å². The van der Waals surface area contributed by atoms with E-state index in [1.54, 1.807) is 4.90 Å². The predicted octanol–water partition coefficient (Wildman–Crippen LogP) is 5.69. The van der Waals surface area contributed by atoms with E-state index in [9.17, 15) is 4.79 Å². The summed E-state index contributed by atoms with van der Waals surface area (Å²) in [5.74, 6) is 0.663. The molecular formula is C30H23N3O. The van der Waals surface area contributed by atoms with Gasteiger partial charge in [0.25, 0.3) is 5.91 Å². The molecule has 4 aromatic carbocycles. The fourth-order valence-corrected chi connectivity index (χ4v) is 4.59. The lowest BCUT2D eigenvalue weighted by molar-refractivity contribution is -0.125. The van der Waals surface area contributed by atoms with E-state index in [1.165, 1.54) is 10.8 Å². The highest BCUT2D eigenvalue weighted by Crippen LogP contribution is 2.28. The third-order valence-corrected chi connectivity index (χ3v) is 6.32. The monoisotopic (exact) mass is 441 g/mol. The fraction of sp³-hybridized carbons (Fsp3) is 0.100. The summed E-state index contributed by atoms with van der Waals surface area (Å²) < 4.78 is 0. The van der Waals surface area contributed by atoms with Crippen molar-refractivity contribution in [1.29, 1.82) is 0 Å². The number of aliphatic imine (C=N–C) groups is 2. The number of fused-ring (bicyclic) bond motifs is 2. The van der Waals surface area contributed by atoms with Crippen LogP contribution in [0.1, 0.15) is 16.7 Å². The zero-order chi connectivity index (χ0) is 22.9. The molecule has 1 atom stereocenters. The van der Waals surface area contributed by atoms with Gasteiger partial charge in [-0.2, -0.15) is 0 Å². The maximum atomic E-state index is 13.5. The maximum absolute atomic E-state index is 13.5. The highest BCUT2D eigenvalue weighted by Gasteiger charge is 2.38. The summed E-state index contributed by atoms with van der Waals surface area (Å²) in [6.45, 7) is 0. The largest absolute Gasteiger partial charge is 0.272 e. The van der Waals surface area contributed by atoms with Gasteiger partial charge in [0, 0.05) is 24.6 Å². The Morgan fingerprint density at radius 2 is 1.44 bits per heavy atom. The van der Waals surface area contributed by atoms with Crippen LogP contribution in [-0.2, 0) is 17.6 Å². The molecule has 2 heterocycles. The van der Waals surface area contributed by atoms with Crippen molar-refractivity contribution in [2.45, 2.75) is 18.9 Å². The first kappa shape index (κ1) is 20.3. The topological polar surface area (TPSA) is 45.0 Å². The van der Waals surface area contributed by atoms with E-state index in [4.69, 9.17) is 9.98 Å². The number of amidine groups is 1. The molecule has 6 rings (SSSR count). The van der Waals surface area contributed by atoms with Crippen molar-refractivity contribution < 1.29 is 4.79 Å². The lowest BCUT2D eigenvalue weighted by Crippen LogP contribution is -2.38. The second-order valence-electron chi connectivity index (χ2n) is 8.66. The first-order valence-electron chi connectivity index (χ1n) is 11.5. The predicted molar refractivity (Wildman–Crippen MR) is 138 cm³/mol. The van der Waals surface area contributed by atoms with E-state index in [2.05, 4.69) is 42.5 Å². The average molecular weight is 442 g/mol. The molecule has 0 aromatic heterocycles. The smallest absolute Gasteiger partial charge is 0.257 e. The minimum absolute atomic E-state index is 0.00273. The summed E-state index contributed by atoms with van der Waals surface area (Å²) in [4.78, 5) is 25.1. The van der Waals surface area contributed by atoms with E-state index in [-0.39, 0.29) is 5.91 Å². The highest BCUT2D eigenvalue weighted by atomic mass is 16.2. The summed E-state index contributed by atoms with van der Waals surface area (Å²) in [6.07, 6.45) is 3.03. The lowest BCUT2D eigenvalue weighted by Gasteiger charge is -2.22. The van der Waals surface area contributed by atoms with Crippen molar-refractivity contribution in [2.24, 2.45) is 9.98 Å². The molecule has 34 heavy (non-hydrogen) atoms. The third-order valence-electron chi connectivity index (χ3n) is 6.32. The standard InChI is InChI=1S/C30H23N3O/c34-30-27(19-22-15-16-23-11-7-8-14-25(23)17-22)32-29-26(18-21-9-3-1-4-10-21)31-28(20-33(29)30)24-12-5-2-6-13-24/h1-17,20,27H,18-19H2. The van der Waals surface area contributed by atoms with Gasteiger partial charge in [0.05, 0.1) is 11.4 Å². The number of amides is 1. The molecule has 0 spiro atoms. The zero-order valence-electron chi connectivity index (χ0n) is 18.6. The Balaban J connectivity index is 1.35. The molecule has 0 N–H and O–H groups in total. The highest BCUT2D eigenvalue weighted by molar-refractivity contribution is 6.47. The minimum atomic E-state index is -0.455. The van der Waals surface area contributed by atoms with Crippen molar-refractivity contribution in [1.82, 2.24) is 4.90 Å². The van der Waals surface area contributed by atoms with Crippen molar-refractivity contribution in [3.8, 4) is 0 Å². The summed E-state index contributed by atoms with van der Waals surface area (Å²) in [5, 5.41) is 2.37. The number of hydrogen-bond donors (Lipinski definition) is 0. The van der Waals surface area contributed by atoms with Crippen LogP contribution < -0.4 is 0 Å². The molecule has 4 heteroatoms. The van der Waals surface area contributed by atoms with Crippen LogP contribution in [0, 0.1) is 0 Å². The normalized spacial score (nSPS) is 17.3. The van der Waals surface area contributed by atoms with Gasteiger partial charge in [0.1, 0.15) is 6.04 Å². The Bertz CT molecular complexity index is 1470. The van der Waals surface area contributed by atoms with Crippen LogP contribution >= 0.6 is 0 Å². The minimum Gasteiger partial charge on any atom is -0.272 e. The van der Waals surface area contributed by atoms with Gasteiger partial charge >= 0.3 is 0 Å². The molecule has 164 valence electrons. The Hall–Kier alpha value is -4.31. The Morgan fingerprint density at radius 1 is 0.735 bits per heavy atom. The molecule has 0 saturated carbocycles. The van der Waals surface area contributed by atoms with Crippen LogP contribution in [0.5, 0.6) is 0 Å². The number of nitrogens with zero attached hydrogens (tertiary/aromatic N) is 3. The summed E-state index contributed by atoms with van der Waals surface area (Å²) in [6, 6.07) is 34.4. The molecule has 0 bridgehead atoms. The molecule has 0 aliphatic carbocycles. The summed E-state index contributed by atoms with van der Waals surface area (Å²) >= 11 is 0. The molecule has 0 fully saturated rings. The second kappa shape index (κ2) is 8.56. The van der Waals surface area contributed by atoms with Crippen LogP contribution in [-0.4, -0.2) is 28.4 Å². The molecule has 2 aliphatic rings. The van der Waals surface area contributed by atoms with Crippen LogP contribution in [0.25, 0.3) is 16.5 Å². The third kappa shape index (κ3) is 3.84. The number of hydrogen-bond acceptors (Lipinski definition) is 3. The van der Waals surface area contributed by atoms with E-state index in [0.29, 0.717) is 18.7 Å². The maximum Gasteiger partial charge on any atom is 0.257 e. The number of carbonyl (C=O) groups excluding carboxylic acids is 1. The molecule has 2 aliphatic heterocycles. The number of carbonyl (C=O) groups is 1. The summed E-state index contributed by atoms with van der Waals surface area (Å²) in [7, 11) is 0. The van der Waals surface area contributed by atoms with Crippen LogP contribution in [0.2, 0.25) is 0 Å². The second-order valence-corrected chi connectivity index (χ2v) is 8.66. The van der Waals surface area contributed by atoms with Crippen molar-refractivity contribution in [2.75, 3.05) is 0 Å². The molecule has 1 unspecified atom stereocenters. The molecular weight excluding hydrogens is 418 g/mol. The van der Waals surface area contributed by atoms with Crippen LogP contribution in [0.3, 0.4) is 0 Å². The van der Waals surface area contributed by atoms with Crippen molar-refractivity contribution in [3.05, 3.63) is 126 Å². The van der Waals surface area contributed by atoms with E-state index in [0.717, 1.165) is 28.1 Å². The van der Waals surface area contributed by atoms with Crippen LogP contribution in [0.15, 0.2) is 119 Å². The molecule has 4 aromatic rings. The Morgan fingerprint density at radius 3 is 2.24 bits per heavy atom. The quantitative estimate of drug-likeness (QED) is 0.393. The van der Waals surface area contributed by atoms with Gasteiger partial charge in [-0.15, -0.1) is 0 Å². The molecule has 1 amide bonds. The Labute approximate surface area is 198 Å². The summed E-state index contributed by atoms with van der Waals surface area (Å²) in [5.41, 5.74) is 4.84. The number of rotatable bonds is 5. The van der Waals surface area contributed by atoms with Gasteiger partial charge in [-0.05, 0) is 21.9 Å². The number of benzene rings is 4. The first-order valence-corrected chi connectivity index (χ1v) is 11.5. The lowest BCUT2D eigenvalue weighted by atomic mass is 10.0. The SMILES string of the molecule is O=C1C(Cc2ccc3ccccc3c2)N=C2C(Cc3ccccc3)=NC(c3ccccc3)=CN12. The van der Waals surface area contributed by atoms with Gasteiger partial charge < -0.3 is 0 Å². The van der Waals surface area contributed by atoms with Gasteiger partial charge in [0.15, 0.2) is 5.84 Å². The average Bonchev–Trinajstić information content (AvgIpc) is 3.20. The molecule has 0 radical (unpaired) electrons. The van der Waals surface area contributed by atoms with E-state index >= 15 is 0 Å². The molecule has 0 saturated heterocycles. The first-order chi connectivity index (χ1) is 16.7. The van der Waals surface area contributed by atoms with Crippen LogP contribution in [0.4, 0.5) is 0 Å². The van der Waals surface area contributed by atoms with Gasteiger partial charge in [-0.25, -0.2) is 4.99 Å². The van der Waals surface area contributed by atoms with Gasteiger partial charge in [0.2, 0.25) is 0 Å². The zero-order valence-corrected chi connectivity index (χ0v) is 18.6. The molecule has 4 nitrogen and oxygen atoms in total. The van der Waals surface area contributed by atoms with Gasteiger partial charge in [-0.1, -0.05) is 103 Å².